The van der Waals surface area contributed by atoms with Crippen LogP contribution in [0.3, 0.4) is 0 Å². The lowest BCUT2D eigenvalue weighted by molar-refractivity contribution is -0.151. The van der Waals surface area contributed by atoms with Crippen molar-refractivity contribution in [1.82, 2.24) is 10.2 Å². The number of para-hydroxylation sites is 1. The van der Waals surface area contributed by atoms with Crippen LogP contribution in [0.15, 0.2) is 24.3 Å². The summed E-state index contributed by atoms with van der Waals surface area (Å²) in [5.41, 5.74) is 0.873. The van der Waals surface area contributed by atoms with E-state index in [0.29, 0.717) is 19.4 Å². The van der Waals surface area contributed by atoms with Crippen LogP contribution >= 0.6 is 0 Å². The molecular weight excluding hydrogens is 410 g/mol. The molecule has 1 aromatic rings. The average molecular weight is 442 g/mol. The fourth-order valence-electron chi connectivity index (χ4n) is 5.84. The van der Waals surface area contributed by atoms with Gasteiger partial charge in [-0.25, -0.2) is 4.79 Å². The topological polar surface area (TPSA) is 96.0 Å². The van der Waals surface area contributed by atoms with Crippen LogP contribution in [0.25, 0.3) is 0 Å². The Hall–Kier alpha value is -2.90. The minimum atomic E-state index is -0.966. The van der Waals surface area contributed by atoms with Crippen molar-refractivity contribution in [2.24, 2.45) is 11.3 Å². The van der Waals surface area contributed by atoms with Gasteiger partial charge in [0.1, 0.15) is 12.1 Å². The Morgan fingerprint density at radius 2 is 1.94 bits per heavy atom. The molecule has 0 radical (unpaired) electrons. The van der Waals surface area contributed by atoms with Crippen LogP contribution in [0.2, 0.25) is 0 Å². The maximum absolute atomic E-state index is 13.1. The zero-order valence-electron chi connectivity index (χ0n) is 19.0. The molecule has 0 unspecified atom stereocenters. The van der Waals surface area contributed by atoms with Gasteiger partial charge in [0.25, 0.3) is 11.8 Å². The first-order valence-electron chi connectivity index (χ1n) is 11.3. The van der Waals surface area contributed by atoms with Gasteiger partial charge in [-0.3, -0.25) is 19.3 Å². The van der Waals surface area contributed by atoms with E-state index in [-0.39, 0.29) is 23.1 Å². The summed E-state index contributed by atoms with van der Waals surface area (Å²) in [6, 6.07) is 7.10. The molecule has 8 heteroatoms. The van der Waals surface area contributed by atoms with E-state index in [1.165, 1.54) is 0 Å². The molecule has 32 heavy (non-hydrogen) atoms. The second-order valence-corrected chi connectivity index (χ2v) is 10.2. The van der Waals surface area contributed by atoms with E-state index >= 15 is 0 Å². The molecule has 1 N–H and O–H groups in total. The fourth-order valence-corrected chi connectivity index (χ4v) is 5.84. The van der Waals surface area contributed by atoms with Gasteiger partial charge in [-0.15, -0.1) is 0 Å². The van der Waals surface area contributed by atoms with Crippen LogP contribution < -0.4 is 10.2 Å². The van der Waals surface area contributed by atoms with Gasteiger partial charge in [0.2, 0.25) is 0 Å². The van der Waals surface area contributed by atoms with Crippen LogP contribution in [0.4, 0.5) is 10.5 Å². The van der Waals surface area contributed by atoms with Crippen LogP contribution in [-0.2, 0) is 25.5 Å². The monoisotopic (exact) mass is 441 g/mol. The van der Waals surface area contributed by atoms with Crippen LogP contribution in [0, 0.1) is 11.3 Å². The SMILES string of the molecule is C[C@H]1CC(C)(C)C[C@@]2(C1)NC(=O)N(CC(=O)OCC(=O)N1CCCc3ccccc31)C2=O. The summed E-state index contributed by atoms with van der Waals surface area (Å²) in [7, 11) is 0. The Morgan fingerprint density at radius 1 is 1.19 bits per heavy atom. The third-order valence-electron chi connectivity index (χ3n) is 6.68. The molecule has 2 fully saturated rings. The average Bonchev–Trinajstić information content (AvgIpc) is 2.93. The first-order valence-corrected chi connectivity index (χ1v) is 11.3. The first-order chi connectivity index (χ1) is 15.1. The number of hydrogen-bond donors (Lipinski definition) is 1. The summed E-state index contributed by atoms with van der Waals surface area (Å²) >= 11 is 0. The number of nitrogens with one attached hydrogen (secondary N) is 1. The van der Waals surface area contributed by atoms with Gasteiger partial charge in [0, 0.05) is 12.2 Å². The van der Waals surface area contributed by atoms with E-state index in [0.717, 1.165) is 35.4 Å². The second-order valence-electron chi connectivity index (χ2n) is 10.2. The van der Waals surface area contributed by atoms with Crippen LogP contribution in [-0.4, -0.2) is 54.0 Å². The van der Waals surface area contributed by atoms with Crippen molar-refractivity contribution in [2.45, 2.75) is 58.4 Å². The van der Waals surface area contributed by atoms with Crippen molar-refractivity contribution in [2.75, 3.05) is 24.6 Å². The first kappa shape index (κ1) is 22.3. The number of aryl methyl sites for hydroxylation is 1. The largest absolute Gasteiger partial charge is 0.454 e. The third kappa shape index (κ3) is 4.23. The number of carbonyl (C=O) groups is 4. The normalized spacial score (nSPS) is 26.7. The summed E-state index contributed by atoms with van der Waals surface area (Å²) in [6.45, 7) is 5.90. The number of hydrogen-bond acceptors (Lipinski definition) is 5. The lowest BCUT2D eigenvalue weighted by Gasteiger charge is -2.43. The highest BCUT2D eigenvalue weighted by atomic mass is 16.5. The van der Waals surface area contributed by atoms with Gasteiger partial charge < -0.3 is 15.0 Å². The Bertz CT molecular complexity index is 959. The Balaban J connectivity index is 1.36. The number of esters is 1. The summed E-state index contributed by atoms with van der Waals surface area (Å²) in [4.78, 5) is 53.3. The maximum atomic E-state index is 13.1. The number of anilines is 1. The molecule has 1 spiro atoms. The number of ether oxygens (including phenoxy) is 1. The predicted molar refractivity (Wildman–Crippen MR) is 118 cm³/mol. The smallest absolute Gasteiger partial charge is 0.326 e. The van der Waals surface area contributed by atoms with Crippen LogP contribution in [0.1, 0.15) is 52.0 Å². The number of carbonyl (C=O) groups excluding carboxylic acids is 4. The van der Waals surface area contributed by atoms with E-state index in [9.17, 15) is 19.2 Å². The number of urea groups is 1. The molecule has 0 aromatic heterocycles. The van der Waals surface area contributed by atoms with E-state index < -0.39 is 30.7 Å². The van der Waals surface area contributed by atoms with E-state index in [1.54, 1.807) is 4.90 Å². The van der Waals surface area contributed by atoms with Gasteiger partial charge in [0.05, 0.1) is 0 Å². The number of benzene rings is 1. The number of rotatable bonds is 4. The van der Waals surface area contributed by atoms with Gasteiger partial charge in [-0.1, -0.05) is 39.0 Å². The molecular formula is C24H31N3O5. The summed E-state index contributed by atoms with van der Waals surface area (Å²) in [5.74, 6) is -1.19. The minimum absolute atomic E-state index is 0.0890. The molecule has 4 rings (SSSR count). The maximum Gasteiger partial charge on any atom is 0.326 e. The zero-order chi connectivity index (χ0) is 23.1. The molecule has 0 bridgehead atoms. The van der Waals surface area contributed by atoms with Crippen molar-refractivity contribution in [3.8, 4) is 0 Å². The Morgan fingerprint density at radius 3 is 2.69 bits per heavy atom. The predicted octanol–water partition coefficient (Wildman–Crippen LogP) is 2.65. The number of imide groups is 1. The zero-order valence-corrected chi connectivity index (χ0v) is 19.0. The number of fused-ring (bicyclic) bond motifs is 1. The molecule has 2 heterocycles. The molecule has 172 valence electrons. The minimum Gasteiger partial charge on any atom is -0.454 e. The van der Waals surface area contributed by atoms with Crippen LogP contribution in [0.5, 0.6) is 0 Å². The quantitative estimate of drug-likeness (QED) is 0.572. The van der Waals surface area contributed by atoms with Gasteiger partial charge in [0.15, 0.2) is 6.61 Å². The summed E-state index contributed by atoms with van der Waals surface area (Å²) in [6.07, 6.45) is 3.81. The second kappa shape index (κ2) is 8.22. The lowest BCUT2D eigenvalue weighted by atomic mass is 9.64. The van der Waals surface area contributed by atoms with Crippen molar-refractivity contribution in [1.29, 1.82) is 0 Å². The highest BCUT2D eigenvalue weighted by Crippen LogP contribution is 2.46. The molecule has 8 nitrogen and oxygen atoms in total. The molecule has 4 amide bonds. The van der Waals surface area contributed by atoms with Crippen molar-refractivity contribution >= 4 is 29.5 Å². The van der Waals surface area contributed by atoms with E-state index in [1.807, 2.05) is 24.3 Å². The van der Waals surface area contributed by atoms with Gasteiger partial charge in [-0.05, 0) is 55.1 Å². The number of amides is 4. The van der Waals surface area contributed by atoms with Crippen molar-refractivity contribution < 1.29 is 23.9 Å². The Kier molecular flexibility index (Phi) is 5.73. The fraction of sp³-hybridized carbons (Fsp3) is 0.583. The molecule has 2 atom stereocenters. The highest BCUT2D eigenvalue weighted by Gasteiger charge is 2.56. The van der Waals surface area contributed by atoms with E-state index in [4.69, 9.17) is 4.74 Å². The molecule has 1 saturated heterocycles. The van der Waals surface area contributed by atoms with Gasteiger partial charge >= 0.3 is 12.0 Å². The summed E-state index contributed by atoms with van der Waals surface area (Å²) in [5, 5.41) is 2.84. The lowest BCUT2D eigenvalue weighted by Crippen LogP contribution is -2.54. The third-order valence-corrected chi connectivity index (χ3v) is 6.68. The summed E-state index contributed by atoms with van der Waals surface area (Å²) < 4.78 is 5.16. The molecule has 1 aliphatic carbocycles. The van der Waals surface area contributed by atoms with E-state index in [2.05, 4.69) is 26.1 Å². The molecule has 1 saturated carbocycles. The number of nitrogens with zero attached hydrogens (tertiary/aromatic N) is 2. The Labute approximate surface area is 188 Å². The van der Waals surface area contributed by atoms with Crippen molar-refractivity contribution in [3.05, 3.63) is 29.8 Å². The van der Waals surface area contributed by atoms with Crippen molar-refractivity contribution in [3.63, 3.8) is 0 Å². The molecule has 1 aromatic carbocycles. The molecule has 2 aliphatic heterocycles. The molecule has 3 aliphatic rings. The highest BCUT2D eigenvalue weighted by molar-refractivity contribution is 6.09. The van der Waals surface area contributed by atoms with Gasteiger partial charge in [-0.2, -0.15) is 0 Å². The standard InChI is InChI=1S/C24H31N3O5/c1-16-11-23(2,3)15-24(12-16)21(30)27(22(31)25-24)13-20(29)32-14-19(28)26-10-6-8-17-7-4-5-9-18(17)26/h4-5,7,9,16H,6,8,10-15H2,1-3H3,(H,25,31)/t16-,24+/m0/s1.